The van der Waals surface area contributed by atoms with E-state index in [2.05, 4.69) is 0 Å². The summed E-state index contributed by atoms with van der Waals surface area (Å²) in [7, 11) is 1.34. The molecule has 1 aliphatic rings. The van der Waals surface area contributed by atoms with Gasteiger partial charge in [0.15, 0.2) is 0 Å². The van der Waals surface area contributed by atoms with Crippen LogP contribution in [0.25, 0.3) is 0 Å². The summed E-state index contributed by atoms with van der Waals surface area (Å²) >= 11 is 0. The van der Waals surface area contributed by atoms with Gasteiger partial charge in [0.2, 0.25) is 0 Å². The lowest BCUT2D eigenvalue weighted by Gasteiger charge is -2.42. The molecule has 1 fully saturated rings. The van der Waals surface area contributed by atoms with Crippen LogP contribution in [0.4, 0.5) is 4.79 Å². The van der Waals surface area contributed by atoms with E-state index in [1.807, 2.05) is 45.9 Å². The average molecular weight is 483 g/mol. The molecule has 0 N–H and O–H groups in total. The molecule has 0 saturated carbocycles. The van der Waals surface area contributed by atoms with Gasteiger partial charge in [-0.2, -0.15) is 0 Å². The second-order valence-electron chi connectivity index (χ2n) is 9.46. The van der Waals surface area contributed by atoms with Crippen molar-refractivity contribution in [1.29, 1.82) is 0 Å². The summed E-state index contributed by atoms with van der Waals surface area (Å²) in [6.07, 6.45) is 0.790. The second-order valence-corrected chi connectivity index (χ2v) is 9.46. The van der Waals surface area contributed by atoms with Gasteiger partial charge in [-0.1, -0.05) is 30.3 Å². The number of piperidine rings is 1. The number of benzene rings is 2. The Morgan fingerprint density at radius 1 is 0.971 bits per heavy atom. The highest BCUT2D eigenvalue weighted by molar-refractivity contribution is 5.89. The summed E-state index contributed by atoms with van der Waals surface area (Å²) in [4.78, 5) is 45.1. The number of carbonyl (C=O) groups is 3. The molecule has 8 nitrogen and oxygen atoms in total. The molecule has 0 aliphatic carbocycles. The summed E-state index contributed by atoms with van der Waals surface area (Å²) in [5, 5.41) is 1.67. The molecule has 1 amide bonds. The van der Waals surface area contributed by atoms with Gasteiger partial charge in [-0.05, 0) is 70.4 Å². The van der Waals surface area contributed by atoms with E-state index in [0.717, 1.165) is 5.56 Å². The molecule has 1 heterocycles. The van der Waals surface area contributed by atoms with Gasteiger partial charge in [-0.25, -0.2) is 14.4 Å². The van der Waals surface area contributed by atoms with Gasteiger partial charge in [0, 0.05) is 19.1 Å². The molecule has 3 rings (SSSR count). The van der Waals surface area contributed by atoms with Crippen LogP contribution in [0.2, 0.25) is 0 Å². The third-order valence-electron chi connectivity index (χ3n) is 5.86. The molecule has 2 unspecified atom stereocenters. The van der Waals surface area contributed by atoms with Crippen molar-refractivity contribution in [2.75, 3.05) is 20.2 Å². The van der Waals surface area contributed by atoms with Crippen LogP contribution in [0.5, 0.6) is 0 Å². The van der Waals surface area contributed by atoms with E-state index < -0.39 is 17.5 Å². The number of rotatable bonds is 6. The number of amides is 1. The number of methoxy groups -OCH3 is 1. The van der Waals surface area contributed by atoms with Gasteiger partial charge < -0.3 is 19.2 Å². The Balaban J connectivity index is 1.85. The highest BCUT2D eigenvalue weighted by Crippen LogP contribution is 2.34. The molecule has 8 heteroatoms. The summed E-state index contributed by atoms with van der Waals surface area (Å²) in [6, 6.07) is 15.4. The van der Waals surface area contributed by atoms with Crippen LogP contribution < -0.4 is 0 Å². The fourth-order valence-corrected chi connectivity index (χ4v) is 4.17. The maximum Gasteiger partial charge on any atom is 0.410 e. The van der Waals surface area contributed by atoms with Crippen molar-refractivity contribution in [3.05, 3.63) is 71.3 Å². The van der Waals surface area contributed by atoms with Crippen molar-refractivity contribution in [2.24, 2.45) is 0 Å². The predicted molar refractivity (Wildman–Crippen MR) is 131 cm³/mol. The summed E-state index contributed by atoms with van der Waals surface area (Å²) < 4.78 is 10.4. The fourth-order valence-electron chi connectivity index (χ4n) is 4.17. The van der Waals surface area contributed by atoms with Crippen molar-refractivity contribution in [3.63, 3.8) is 0 Å². The van der Waals surface area contributed by atoms with Crippen LogP contribution in [0.15, 0.2) is 54.6 Å². The lowest BCUT2D eigenvalue weighted by Crippen LogP contribution is -2.50. The van der Waals surface area contributed by atoms with Crippen LogP contribution in [-0.2, 0) is 14.3 Å². The lowest BCUT2D eigenvalue weighted by molar-refractivity contribution is -0.162. The summed E-state index contributed by atoms with van der Waals surface area (Å²) in [5.74, 6) is -0.868. The van der Waals surface area contributed by atoms with Crippen molar-refractivity contribution >= 4 is 18.0 Å². The number of nitrogens with zero attached hydrogens (tertiary/aromatic N) is 2. The quantitative estimate of drug-likeness (QED) is 0.535. The molecule has 0 aromatic heterocycles. The first-order valence-corrected chi connectivity index (χ1v) is 11.8. The minimum Gasteiger partial charge on any atom is -0.465 e. The smallest absolute Gasteiger partial charge is 0.410 e. The summed E-state index contributed by atoms with van der Waals surface area (Å²) in [6.45, 7) is 8.39. The maximum absolute atomic E-state index is 12.9. The van der Waals surface area contributed by atoms with Crippen molar-refractivity contribution in [1.82, 2.24) is 9.96 Å². The van der Waals surface area contributed by atoms with Crippen LogP contribution in [0.3, 0.4) is 0 Å². The Bertz CT molecular complexity index is 1020. The molecular weight excluding hydrogens is 448 g/mol. The van der Waals surface area contributed by atoms with Crippen molar-refractivity contribution < 1.29 is 28.7 Å². The molecule has 35 heavy (non-hydrogen) atoms. The SMILES string of the molecule is CCN(C(=O)OC(C)(C)C)C1CCN(OC(=O)c2ccccc2)C(c2ccc(C(=O)OC)cc2)C1. The molecule has 2 aromatic carbocycles. The van der Waals surface area contributed by atoms with E-state index in [9.17, 15) is 14.4 Å². The number of hydroxylamine groups is 2. The van der Waals surface area contributed by atoms with Crippen molar-refractivity contribution in [3.8, 4) is 0 Å². The Labute approximate surface area is 206 Å². The van der Waals surface area contributed by atoms with Gasteiger partial charge in [-0.15, -0.1) is 5.06 Å². The molecule has 2 aromatic rings. The Hall–Kier alpha value is -3.39. The number of esters is 1. The minimum atomic E-state index is -0.598. The van der Waals surface area contributed by atoms with Gasteiger partial charge in [0.1, 0.15) is 5.60 Å². The number of ether oxygens (including phenoxy) is 2. The first kappa shape index (κ1) is 26.2. The largest absolute Gasteiger partial charge is 0.465 e. The van der Waals surface area contributed by atoms with E-state index >= 15 is 0 Å². The Morgan fingerprint density at radius 3 is 2.17 bits per heavy atom. The van der Waals surface area contributed by atoms with Crippen LogP contribution >= 0.6 is 0 Å². The van der Waals surface area contributed by atoms with Crippen LogP contribution in [0, 0.1) is 0 Å². The maximum atomic E-state index is 12.9. The topological polar surface area (TPSA) is 85.4 Å². The zero-order valence-corrected chi connectivity index (χ0v) is 21.0. The molecule has 2 atom stereocenters. The predicted octanol–water partition coefficient (Wildman–Crippen LogP) is 5.01. The molecule has 1 saturated heterocycles. The van der Waals surface area contributed by atoms with E-state index in [0.29, 0.717) is 37.1 Å². The normalized spacial score (nSPS) is 18.4. The number of hydrogen-bond acceptors (Lipinski definition) is 7. The third-order valence-corrected chi connectivity index (χ3v) is 5.86. The monoisotopic (exact) mass is 482 g/mol. The average Bonchev–Trinajstić information content (AvgIpc) is 2.84. The van der Waals surface area contributed by atoms with Gasteiger partial charge in [0.05, 0.1) is 24.3 Å². The van der Waals surface area contributed by atoms with Gasteiger partial charge in [0.25, 0.3) is 0 Å². The van der Waals surface area contributed by atoms with Crippen LogP contribution in [-0.4, -0.2) is 59.8 Å². The second kappa shape index (κ2) is 11.4. The zero-order chi connectivity index (χ0) is 25.6. The first-order chi connectivity index (χ1) is 16.6. The van der Waals surface area contributed by atoms with E-state index in [1.54, 1.807) is 46.4 Å². The standard InChI is InChI=1S/C27H34N2O6/c1-6-28(26(32)34-27(2,3)4)22-16-17-29(35-25(31)20-10-8-7-9-11-20)23(18-22)19-12-14-21(15-13-19)24(30)33-5/h7-15,22-23H,6,16-18H2,1-5H3. The molecule has 0 spiro atoms. The molecular formula is C27H34N2O6. The Morgan fingerprint density at radius 2 is 1.60 bits per heavy atom. The highest BCUT2D eigenvalue weighted by Gasteiger charge is 2.37. The molecule has 188 valence electrons. The molecule has 0 bridgehead atoms. The van der Waals surface area contributed by atoms with E-state index in [1.165, 1.54) is 7.11 Å². The van der Waals surface area contributed by atoms with Crippen molar-refractivity contribution in [2.45, 2.75) is 58.2 Å². The minimum absolute atomic E-state index is 0.105. The molecule has 1 aliphatic heterocycles. The zero-order valence-electron chi connectivity index (χ0n) is 21.0. The summed E-state index contributed by atoms with van der Waals surface area (Å²) in [5.41, 5.74) is 1.15. The first-order valence-electron chi connectivity index (χ1n) is 11.8. The van der Waals surface area contributed by atoms with Crippen LogP contribution in [0.1, 0.15) is 72.9 Å². The number of carbonyl (C=O) groups excluding carboxylic acids is 3. The third kappa shape index (κ3) is 6.82. The highest BCUT2D eigenvalue weighted by atomic mass is 16.7. The fraction of sp³-hybridized carbons (Fsp3) is 0.444. The number of hydrogen-bond donors (Lipinski definition) is 0. The Kier molecular flexibility index (Phi) is 8.51. The van der Waals surface area contributed by atoms with Gasteiger partial charge >= 0.3 is 18.0 Å². The van der Waals surface area contributed by atoms with Gasteiger partial charge in [-0.3, -0.25) is 0 Å². The molecule has 0 radical (unpaired) electrons. The lowest BCUT2D eigenvalue weighted by atomic mass is 9.92. The van der Waals surface area contributed by atoms with E-state index in [-0.39, 0.29) is 18.2 Å². The van der Waals surface area contributed by atoms with E-state index in [4.69, 9.17) is 14.3 Å².